The Kier molecular flexibility index (Phi) is 7.32. The third-order valence-electron chi connectivity index (χ3n) is 5.66. The molecule has 1 heterocycles. The number of amides is 1. The van der Waals surface area contributed by atoms with Crippen LogP contribution in [0.4, 0.5) is 13.2 Å². The van der Waals surface area contributed by atoms with Gasteiger partial charge in [-0.15, -0.1) is 11.8 Å². The largest absolute Gasteiger partial charge is 0.416 e. The van der Waals surface area contributed by atoms with Crippen molar-refractivity contribution in [3.8, 4) is 6.07 Å². The second kappa shape index (κ2) is 9.80. The average molecular weight is 460 g/mol. The zero-order chi connectivity index (χ0) is 23.4. The fourth-order valence-corrected chi connectivity index (χ4v) is 5.00. The van der Waals surface area contributed by atoms with E-state index < -0.39 is 23.1 Å². The molecular formula is C24H24F3N3OS. The van der Waals surface area contributed by atoms with E-state index in [0.717, 1.165) is 31.8 Å². The van der Waals surface area contributed by atoms with E-state index in [4.69, 9.17) is 0 Å². The van der Waals surface area contributed by atoms with Crippen LogP contribution in [0, 0.1) is 11.3 Å². The second-order valence-electron chi connectivity index (χ2n) is 7.34. The molecule has 1 aliphatic rings. The number of hydrogen-bond acceptors (Lipinski definition) is 4. The lowest BCUT2D eigenvalue weighted by Gasteiger charge is -2.28. The summed E-state index contributed by atoms with van der Waals surface area (Å²) in [7, 11) is 0. The summed E-state index contributed by atoms with van der Waals surface area (Å²) in [4.78, 5) is 15.7. The molecule has 1 aliphatic heterocycles. The molecule has 0 radical (unpaired) electrons. The molecule has 8 heteroatoms. The average Bonchev–Trinajstić information content (AvgIpc) is 3.08. The number of hydrogen-bond donors (Lipinski definition) is 1. The molecule has 0 saturated heterocycles. The molecule has 32 heavy (non-hydrogen) atoms. The smallest absolute Gasteiger partial charge is 0.318 e. The van der Waals surface area contributed by atoms with Crippen LogP contribution in [0.3, 0.4) is 0 Å². The van der Waals surface area contributed by atoms with E-state index >= 15 is 0 Å². The molecule has 0 bridgehead atoms. The normalized spacial score (nSPS) is 18.7. The second-order valence-corrected chi connectivity index (χ2v) is 8.45. The number of nitrogens with one attached hydrogen (secondary N) is 1. The molecule has 1 N–H and O–H groups in total. The predicted molar refractivity (Wildman–Crippen MR) is 120 cm³/mol. The lowest BCUT2D eigenvalue weighted by molar-refractivity contribution is -0.137. The highest BCUT2D eigenvalue weighted by atomic mass is 32.2. The van der Waals surface area contributed by atoms with Crippen molar-refractivity contribution in [3.63, 3.8) is 0 Å². The van der Waals surface area contributed by atoms with Crippen molar-refractivity contribution in [1.29, 1.82) is 5.26 Å². The van der Waals surface area contributed by atoms with Gasteiger partial charge in [0.1, 0.15) is 5.41 Å². The fourth-order valence-electron chi connectivity index (χ4n) is 3.94. The highest BCUT2D eigenvalue weighted by Crippen LogP contribution is 2.47. The maximum absolute atomic E-state index is 13.5. The van der Waals surface area contributed by atoms with Crippen molar-refractivity contribution in [1.82, 2.24) is 10.2 Å². The van der Waals surface area contributed by atoms with Gasteiger partial charge in [0.15, 0.2) is 0 Å². The maximum atomic E-state index is 13.5. The number of carbonyl (C=O) groups is 1. The molecule has 2 aromatic carbocycles. The van der Waals surface area contributed by atoms with Crippen LogP contribution in [-0.4, -0.2) is 36.2 Å². The molecule has 0 aliphatic carbocycles. The van der Waals surface area contributed by atoms with Gasteiger partial charge in [0.2, 0.25) is 5.91 Å². The number of alkyl halides is 3. The lowest BCUT2D eigenvalue weighted by Crippen LogP contribution is -2.39. The molecular weight excluding hydrogens is 435 g/mol. The van der Waals surface area contributed by atoms with E-state index in [2.05, 4.69) is 30.1 Å². The highest BCUT2D eigenvalue weighted by Gasteiger charge is 2.52. The van der Waals surface area contributed by atoms with E-state index in [9.17, 15) is 23.2 Å². The van der Waals surface area contributed by atoms with Crippen molar-refractivity contribution < 1.29 is 18.0 Å². The molecule has 1 amide bonds. The Balaban J connectivity index is 2.14. The summed E-state index contributed by atoms with van der Waals surface area (Å²) in [5, 5.41) is 13.3. The Morgan fingerprint density at radius 2 is 1.72 bits per heavy atom. The maximum Gasteiger partial charge on any atom is 0.416 e. The van der Waals surface area contributed by atoms with E-state index in [1.807, 2.05) is 0 Å². The number of carbonyl (C=O) groups excluding carboxylic acids is 1. The van der Waals surface area contributed by atoms with Gasteiger partial charge in [0, 0.05) is 12.3 Å². The number of rotatable bonds is 8. The molecule has 0 fully saturated rings. The van der Waals surface area contributed by atoms with E-state index in [0.29, 0.717) is 16.3 Å². The van der Waals surface area contributed by atoms with Gasteiger partial charge >= 0.3 is 6.18 Å². The Morgan fingerprint density at radius 1 is 1.06 bits per heavy atom. The monoisotopic (exact) mass is 459 g/mol. The van der Waals surface area contributed by atoms with Crippen molar-refractivity contribution in [2.75, 3.05) is 25.4 Å². The summed E-state index contributed by atoms with van der Waals surface area (Å²) in [6.45, 7) is 6.63. The minimum atomic E-state index is -4.57. The number of benzene rings is 2. The first-order valence-electron chi connectivity index (χ1n) is 10.3. The van der Waals surface area contributed by atoms with Gasteiger partial charge < -0.3 is 10.2 Å². The molecule has 168 valence electrons. The van der Waals surface area contributed by atoms with Gasteiger partial charge in [-0.2, -0.15) is 18.4 Å². The zero-order valence-corrected chi connectivity index (χ0v) is 18.7. The Bertz CT molecular complexity index is 1040. The van der Waals surface area contributed by atoms with Crippen LogP contribution in [0.15, 0.2) is 65.2 Å². The van der Waals surface area contributed by atoms with Crippen LogP contribution in [0.5, 0.6) is 0 Å². The zero-order valence-electron chi connectivity index (χ0n) is 17.9. The van der Waals surface area contributed by atoms with E-state index in [1.54, 1.807) is 30.3 Å². The molecule has 2 aromatic rings. The number of nitriles is 1. The van der Waals surface area contributed by atoms with Crippen LogP contribution in [-0.2, 0) is 16.4 Å². The van der Waals surface area contributed by atoms with Crippen molar-refractivity contribution in [2.24, 2.45) is 0 Å². The minimum absolute atomic E-state index is 0.118. The van der Waals surface area contributed by atoms with Crippen molar-refractivity contribution in [2.45, 2.75) is 25.4 Å². The van der Waals surface area contributed by atoms with Crippen LogP contribution in [0.25, 0.3) is 0 Å². The Hall–Kier alpha value is -2.76. The minimum Gasteiger partial charge on any atom is -0.318 e. The van der Waals surface area contributed by atoms with Gasteiger partial charge in [0.25, 0.3) is 0 Å². The van der Waals surface area contributed by atoms with Crippen LogP contribution >= 0.6 is 11.8 Å². The number of halogens is 3. The lowest BCUT2D eigenvalue weighted by atomic mass is 9.70. The molecule has 0 spiro atoms. The van der Waals surface area contributed by atoms with Crippen LogP contribution in [0.2, 0.25) is 0 Å². The van der Waals surface area contributed by atoms with Gasteiger partial charge in [0.05, 0.1) is 22.2 Å². The number of nitrogens with zero attached hydrogens (tertiary/aromatic N) is 2. The highest BCUT2D eigenvalue weighted by molar-refractivity contribution is 8.03. The fraction of sp³-hybridized carbons (Fsp3) is 0.333. The standard InChI is InChI=1S/C24H24F3N3OS/c1-3-30(4-2)13-14-32-21-20(16-28)23(22(31)29-21,17-9-6-5-7-10-17)18-11-8-12-19(15-18)24(25,26)27/h5-12,15H,3-4,13-14H2,1-2H3,(H,29,31). The molecule has 4 nitrogen and oxygen atoms in total. The first-order chi connectivity index (χ1) is 15.3. The summed E-state index contributed by atoms with van der Waals surface area (Å²) in [6.07, 6.45) is -4.57. The van der Waals surface area contributed by atoms with Crippen molar-refractivity contribution in [3.05, 3.63) is 81.9 Å². The van der Waals surface area contributed by atoms with Gasteiger partial charge in [-0.05, 0) is 30.3 Å². The van der Waals surface area contributed by atoms with Gasteiger partial charge in [-0.25, -0.2) is 0 Å². The number of thioether (sulfide) groups is 1. The molecule has 0 aromatic heterocycles. The molecule has 3 rings (SSSR count). The Morgan fingerprint density at radius 3 is 2.31 bits per heavy atom. The first-order valence-corrected chi connectivity index (χ1v) is 11.3. The first kappa shape index (κ1) is 23.9. The van der Waals surface area contributed by atoms with Crippen LogP contribution < -0.4 is 5.32 Å². The SMILES string of the molecule is CCN(CC)CCSC1=C(C#N)C(c2ccccc2)(c2cccc(C(F)(F)F)c2)C(=O)N1. The predicted octanol–water partition coefficient (Wildman–Crippen LogP) is 4.93. The van der Waals surface area contributed by atoms with Gasteiger partial charge in [-0.1, -0.05) is 62.4 Å². The summed E-state index contributed by atoms with van der Waals surface area (Å²) in [6, 6.07) is 15.3. The summed E-state index contributed by atoms with van der Waals surface area (Å²) in [5.74, 6) is 0.112. The van der Waals surface area contributed by atoms with Gasteiger partial charge in [-0.3, -0.25) is 4.79 Å². The third-order valence-corrected chi connectivity index (χ3v) is 6.64. The van der Waals surface area contributed by atoms with E-state index in [-0.39, 0.29) is 11.1 Å². The Labute approximate surface area is 190 Å². The molecule has 1 atom stereocenters. The topological polar surface area (TPSA) is 56.1 Å². The molecule has 1 unspecified atom stereocenters. The quantitative estimate of drug-likeness (QED) is 0.608. The summed E-state index contributed by atoms with van der Waals surface area (Å²) >= 11 is 1.34. The van der Waals surface area contributed by atoms with Crippen LogP contribution in [0.1, 0.15) is 30.5 Å². The van der Waals surface area contributed by atoms with E-state index in [1.165, 1.54) is 23.9 Å². The molecule has 0 saturated carbocycles. The third kappa shape index (κ3) is 4.41. The summed E-state index contributed by atoms with van der Waals surface area (Å²) in [5.41, 5.74) is -1.82. The summed E-state index contributed by atoms with van der Waals surface area (Å²) < 4.78 is 40.4. The van der Waals surface area contributed by atoms with Crippen molar-refractivity contribution >= 4 is 17.7 Å².